The standard InChI is InChI=1S/C20H23N5O5/c1-12(2)13-7-5-6-8-14(13)22-15(26)10-30-16(27)9-25-11-21-18-17(25)19(28)24(4)20(29)23(18)3/h5-8,11-12H,9-10H2,1-4H3,(H,22,26). The maximum absolute atomic E-state index is 12.4. The third-order valence-electron chi connectivity index (χ3n) is 4.74. The number of nitrogens with zero attached hydrogens (tertiary/aromatic N) is 4. The number of nitrogens with one attached hydrogen (secondary N) is 1. The Bertz CT molecular complexity index is 1230. The molecule has 10 heteroatoms. The number of benzene rings is 1. The van der Waals surface area contributed by atoms with Gasteiger partial charge < -0.3 is 14.6 Å². The van der Waals surface area contributed by atoms with E-state index in [1.54, 1.807) is 6.07 Å². The number of imidazole rings is 1. The van der Waals surface area contributed by atoms with Crippen LogP contribution in [0.3, 0.4) is 0 Å². The highest BCUT2D eigenvalue weighted by Crippen LogP contribution is 2.23. The van der Waals surface area contributed by atoms with Crippen LogP contribution in [0.2, 0.25) is 0 Å². The molecule has 0 saturated heterocycles. The summed E-state index contributed by atoms with van der Waals surface area (Å²) < 4.78 is 8.50. The number of aromatic nitrogens is 4. The Balaban J connectivity index is 1.68. The van der Waals surface area contributed by atoms with Crippen molar-refractivity contribution in [1.82, 2.24) is 18.7 Å². The SMILES string of the molecule is CC(C)c1ccccc1NC(=O)COC(=O)Cn1cnc2c1c(=O)n(C)c(=O)n2C. The van der Waals surface area contributed by atoms with Gasteiger partial charge in [0.15, 0.2) is 17.8 Å². The van der Waals surface area contributed by atoms with Gasteiger partial charge in [0.05, 0.1) is 6.33 Å². The van der Waals surface area contributed by atoms with Crippen molar-refractivity contribution in [2.24, 2.45) is 14.1 Å². The number of ether oxygens (including phenoxy) is 1. The molecule has 0 aliphatic rings. The molecule has 0 bridgehead atoms. The van der Waals surface area contributed by atoms with E-state index in [0.717, 1.165) is 10.1 Å². The van der Waals surface area contributed by atoms with Crippen LogP contribution >= 0.6 is 0 Å². The second-order valence-corrected chi connectivity index (χ2v) is 7.20. The predicted octanol–water partition coefficient (Wildman–Crippen LogP) is 0.739. The van der Waals surface area contributed by atoms with E-state index >= 15 is 0 Å². The zero-order valence-corrected chi connectivity index (χ0v) is 17.2. The average Bonchev–Trinajstić information content (AvgIpc) is 3.13. The highest BCUT2D eigenvalue weighted by atomic mass is 16.5. The molecule has 158 valence electrons. The van der Waals surface area contributed by atoms with Gasteiger partial charge in [-0.25, -0.2) is 9.78 Å². The first-order chi connectivity index (χ1) is 14.2. The van der Waals surface area contributed by atoms with E-state index in [-0.39, 0.29) is 23.6 Å². The first-order valence-corrected chi connectivity index (χ1v) is 9.36. The molecule has 0 saturated carbocycles. The van der Waals surface area contributed by atoms with Crippen molar-refractivity contribution in [2.75, 3.05) is 11.9 Å². The molecular weight excluding hydrogens is 390 g/mol. The lowest BCUT2D eigenvalue weighted by Crippen LogP contribution is -2.37. The number of aryl methyl sites for hydroxylation is 1. The number of rotatable bonds is 6. The van der Waals surface area contributed by atoms with Crippen LogP contribution in [0.4, 0.5) is 5.69 Å². The molecule has 1 aromatic carbocycles. The maximum Gasteiger partial charge on any atom is 0.332 e. The molecule has 2 heterocycles. The molecule has 0 fully saturated rings. The normalized spacial score (nSPS) is 11.1. The summed E-state index contributed by atoms with van der Waals surface area (Å²) in [4.78, 5) is 52.8. The van der Waals surface area contributed by atoms with Gasteiger partial charge in [0, 0.05) is 19.8 Å². The lowest BCUT2D eigenvalue weighted by atomic mass is 10.0. The third kappa shape index (κ3) is 4.02. The molecule has 3 aromatic rings. The van der Waals surface area contributed by atoms with E-state index in [0.29, 0.717) is 5.69 Å². The molecule has 30 heavy (non-hydrogen) atoms. The molecule has 0 unspecified atom stereocenters. The summed E-state index contributed by atoms with van der Waals surface area (Å²) in [6.07, 6.45) is 1.28. The fourth-order valence-corrected chi connectivity index (χ4v) is 3.15. The van der Waals surface area contributed by atoms with Gasteiger partial charge in [0.2, 0.25) is 0 Å². The van der Waals surface area contributed by atoms with E-state index in [2.05, 4.69) is 10.3 Å². The van der Waals surface area contributed by atoms with Crippen molar-refractivity contribution in [1.29, 1.82) is 0 Å². The Labute approximate surface area is 171 Å². The minimum atomic E-state index is -0.711. The lowest BCUT2D eigenvalue weighted by molar-refractivity contribution is -0.147. The zero-order chi connectivity index (χ0) is 22.0. The lowest BCUT2D eigenvalue weighted by Gasteiger charge is -2.13. The summed E-state index contributed by atoms with van der Waals surface area (Å²) in [5, 5.41) is 2.74. The third-order valence-corrected chi connectivity index (χ3v) is 4.74. The van der Waals surface area contributed by atoms with Gasteiger partial charge in [-0.1, -0.05) is 32.0 Å². The fraction of sp³-hybridized carbons (Fsp3) is 0.350. The Morgan fingerprint density at radius 3 is 2.53 bits per heavy atom. The van der Waals surface area contributed by atoms with Gasteiger partial charge in [-0.15, -0.1) is 0 Å². The number of carbonyl (C=O) groups excluding carboxylic acids is 2. The number of hydrogen-bond donors (Lipinski definition) is 1. The number of esters is 1. The highest BCUT2D eigenvalue weighted by molar-refractivity contribution is 5.93. The number of amides is 1. The highest BCUT2D eigenvalue weighted by Gasteiger charge is 2.17. The second kappa shape index (κ2) is 8.36. The van der Waals surface area contributed by atoms with E-state index in [1.165, 1.54) is 29.6 Å². The van der Waals surface area contributed by atoms with Crippen LogP contribution in [0.5, 0.6) is 0 Å². The number of anilines is 1. The van der Waals surface area contributed by atoms with Crippen molar-refractivity contribution in [3.8, 4) is 0 Å². The summed E-state index contributed by atoms with van der Waals surface area (Å²) in [5.74, 6) is -0.958. The summed E-state index contributed by atoms with van der Waals surface area (Å²) >= 11 is 0. The summed E-state index contributed by atoms with van der Waals surface area (Å²) in [7, 11) is 2.83. The van der Waals surface area contributed by atoms with Crippen LogP contribution in [0, 0.1) is 0 Å². The molecule has 1 amide bonds. The summed E-state index contributed by atoms with van der Waals surface area (Å²) in [5.41, 5.74) is 0.827. The Morgan fingerprint density at radius 2 is 1.83 bits per heavy atom. The van der Waals surface area contributed by atoms with E-state index < -0.39 is 29.7 Å². The summed E-state index contributed by atoms with van der Waals surface area (Å²) in [6, 6.07) is 7.41. The van der Waals surface area contributed by atoms with Crippen LogP contribution in [0.25, 0.3) is 11.2 Å². The van der Waals surface area contributed by atoms with E-state index in [1.807, 2.05) is 32.0 Å². The molecule has 0 aliphatic heterocycles. The Morgan fingerprint density at radius 1 is 1.13 bits per heavy atom. The number of para-hydroxylation sites is 1. The quantitative estimate of drug-likeness (QED) is 0.596. The molecule has 0 atom stereocenters. The topological polar surface area (TPSA) is 117 Å². The molecular formula is C20H23N5O5. The minimum absolute atomic E-state index is 0.104. The molecule has 10 nitrogen and oxygen atoms in total. The van der Waals surface area contributed by atoms with Crippen LogP contribution in [0.15, 0.2) is 40.2 Å². The van der Waals surface area contributed by atoms with Crippen molar-refractivity contribution in [3.05, 3.63) is 57.0 Å². The first kappa shape index (κ1) is 21.0. The van der Waals surface area contributed by atoms with Gasteiger partial charge in [0.1, 0.15) is 6.54 Å². The largest absolute Gasteiger partial charge is 0.454 e. The molecule has 2 aromatic heterocycles. The first-order valence-electron chi connectivity index (χ1n) is 9.36. The number of carbonyl (C=O) groups is 2. The van der Waals surface area contributed by atoms with Gasteiger partial charge in [-0.05, 0) is 17.5 Å². The van der Waals surface area contributed by atoms with Crippen molar-refractivity contribution >= 4 is 28.7 Å². The Hall–Kier alpha value is -3.69. The zero-order valence-electron chi connectivity index (χ0n) is 17.2. The van der Waals surface area contributed by atoms with Crippen LogP contribution in [-0.2, 0) is 35.0 Å². The van der Waals surface area contributed by atoms with Crippen LogP contribution in [-0.4, -0.2) is 37.2 Å². The predicted molar refractivity (Wildman–Crippen MR) is 110 cm³/mol. The molecule has 1 N–H and O–H groups in total. The van der Waals surface area contributed by atoms with Gasteiger partial charge in [0.25, 0.3) is 11.5 Å². The van der Waals surface area contributed by atoms with Crippen molar-refractivity contribution in [2.45, 2.75) is 26.3 Å². The van der Waals surface area contributed by atoms with E-state index in [4.69, 9.17) is 4.74 Å². The second-order valence-electron chi connectivity index (χ2n) is 7.20. The summed E-state index contributed by atoms with van der Waals surface area (Å²) in [6.45, 7) is 3.25. The molecule has 0 aliphatic carbocycles. The molecule has 0 radical (unpaired) electrons. The van der Waals surface area contributed by atoms with E-state index in [9.17, 15) is 19.2 Å². The van der Waals surface area contributed by atoms with Gasteiger partial charge in [-0.3, -0.25) is 23.5 Å². The van der Waals surface area contributed by atoms with Crippen LogP contribution in [0.1, 0.15) is 25.3 Å². The maximum atomic E-state index is 12.4. The van der Waals surface area contributed by atoms with Crippen molar-refractivity contribution in [3.63, 3.8) is 0 Å². The number of fused-ring (bicyclic) bond motifs is 1. The Kier molecular flexibility index (Phi) is 5.86. The smallest absolute Gasteiger partial charge is 0.332 e. The molecule has 0 spiro atoms. The van der Waals surface area contributed by atoms with Crippen LogP contribution < -0.4 is 16.6 Å². The monoisotopic (exact) mass is 413 g/mol. The fourth-order valence-electron chi connectivity index (χ4n) is 3.15. The van der Waals surface area contributed by atoms with Gasteiger partial charge in [-0.2, -0.15) is 0 Å². The average molecular weight is 413 g/mol. The number of hydrogen-bond acceptors (Lipinski definition) is 6. The van der Waals surface area contributed by atoms with Crippen molar-refractivity contribution < 1.29 is 14.3 Å². The van der Waals surface area contributed by atoms with Gasteiger partial charge >= 0.3 is 11.7 Å². The minimum Gasteiger partial charge on any atom is -0.454 e. The molecule has 3 rings (SSSR count).